The van der Waals surface area contributed by atoms with Gasteiger partial charge in [0.15, 0.2) is 0 Å². The van der Waals surface area contributed by atoms with Crippen molar-refractivity contribution in [3.8, 4) is 0 Å². The molecule has 2 aliphatic rings. The molecule has 0 unspecified atom stereocenters. The van der Waals surface area contributed by atoms with E-state index in [1.54, 1.807) is 6.07 Å². The van der Waals surface area contributed by atoms with Crippen LogP contribution in [0, 0.1) is 0 Å². The highest BCUT2D eigenvalue weighted by atomic mass is 16.3. The van der Waals surface area contributed by atoms with Crippen LogP contribution in [0.2, 0.25) is 0 Å². The van der Waals surface area contributed by atoms with Gasteiger partial charge in [-0.25, -0.2) is 9.97 Å². The number of anilines is 1. The number of rotatable bonds is 7. The highest BCUT2D eigenvalue weighted by molar-refractivity contribution is 5.92. The van der Waals surface area contributed by atoms with E-state index < -0.39 is 6.10 Å². The van der Waals surface area contributed by atoms with Gasteiger partial charge in [-0.1, -0.05) is 24.3 Å². The van der Waals surface area contributed by atoms with Crippen LogP contribution in [0.5, 0.6) is 0 Å². The second-order valence-electron chi connectivity index (χ2n) is 8.63. The number of fused-ring (bicyclic) bond motifs is 1. The Kier molecular flexibility index (Phi) is 7.11. The molecule has 8 heteroatoms. The molecule has 0 saturated carbocycles. The number of carbonyl (C=O) groups excluding carboxylic acids is 1. The van der Waals surface area contributed by atoms with Crippen molar-refractivity contribution >= 4 is 11.7 Å². The van der Waals surface area contributed by atoms with Crippen LogP contribution in [0.3, 0.4) is 0 Å². The summed E-state index contributed by atoms with van der Waals surface area (Å²) in [4.78, 5) is 25.4. The number of benzene rings is 1. The van der Waals surface area contributed by atoms with E-state index in [4.69, 9.17) is 0 Å². The molecule has 1 aromatic carbocycles. The quantitative estimate of drug-likeness (QED) is 0.614. The number of amides is 1. The van der Waals surface area contributed by atoms with Gasteiger partial charge in [0, 0.05) is 38.3 Å². The number of aliphatic hydroxyl groups excluding tert-OH is 1. The van der Waals surface area contributed by atoms with Crippen LogP contribution in [0.25, 0.3) is 0 Å². The Bertz CT molecular complexity index is 884. The lowest BCUT2D eigenvalue weighted by Gasteiger charge is -2.30. The van der Waals surface area contributed by atoms with E-state index in [0.29, 0.717) is 24.1 Å². The van der Waals surface area contributed by atoms with Crippen LogP contribution in [0.1, 0.15) is 34.5 Å². The maximum absolute atomic E-state index is 12.5. The molecule has 1 amide bonds. The molecule has 0 bridgehead atoms. The molecule has 4 rings (SSSR count). The van der Waals surface area contributed by atoms with Crippen LogP contribution >= 0.6 is 0 Å². The topological polar surface area (TPSA) is 93.6 Å². The first-order chi connectivity index (χ1) is 15.1. The summed E-state index contributed by atoms with van der Waals surface area (Å²) >= 11 is 0. The zero-order valence-electron chi connectivity index (χ0n) is 18.1. The molecule has 8 nitrogen and oxygen atoms in total. The van der Waals surface area contributed by atoms with Crippen molar-refractivity contribution in [1.82, 2.24) is 25.1 Å². The zero-order chi connectivity index (χ0) is 21.6. The van der Waals surface area contributed by atoms with Crippen molar-refractivity contribution in [2.75, 3.05) is 45.1 Å². The van der Waals surface area contributed by atoms with Crippen molar-refractivity contribution in [2.45, 2.75) is 38.0 Å². The molecule has 0 radical (unpaired) electrons. The molecule has 0 aliphatic carbocycles. The molecule has 2 aliphatic heterocycles. The molecule has 31 heavy (non-hydrogen) atoms. The van der Waals surface area contributed by atoms with Crippen LogP contribution in [-0.4, -0.2) is 82.7 Å². The van der Waals surface area contributed by atoms with Crippen LogP contribution in [-0.2, 0) is 13.0 Å². The van der Waals surface area contributed by atoms with Gasteiger partial charge in [-0.3, -0.25) is 9.69 Å². The number of aromatic nitrogens is 2. The highest BCUT2D eigenvalue weighted by Gasteiger charge is 2.20. The lowest BCUT2D eigenvalue weighted by atomic mass is 10.00. The van der Waals surface area contributed by atoms with Crippen LogP contribution in [0.15, 0.2) is 36.7 Å². The Morgan fingerprint density at radius 2 is 1.97 bits per heavy atom. The van der Waals surface area contributed by atoms with Gasteiger partial charge < -0.3 is 20.6 Å². The molecule has 3 N–H and O–H groups in total. The second kappa shape index (κ2) is 10.2. The summed E-state index contributed by atoms with van der Waals surface area (Å²) in [5.41, 5.74) is 3.01. The Hall–Kier alpha value is -2.55. The minimum absolute atomic E-state index is 0.193. The molecular weight excluding hydrogens is 392 g/mol. The van der Waals surface area contributed by atoms with E-state index in [2.05, 4.69) is 61.7 Å². The summed E-state index contributed by atoms with van der Waals surface area (Å²) in [6.45, 7) is 4.58. The lowest BCUT2D eigenvalue weighted by molar-refractivity contribution is 0.0838. The van der Waals surface area contributed by atoms with E-state index in [0.717, 1.165) is 45.4 Å². The average molecular weight is 425 g/mol. The summed E-state index contributed by atoms with van der Waals surface area (Å²) in [7, 11) is 2.13. The molecular formula is C23H32N6O2. The van der Waals surface area contributed by atoms with Crippen molar-refractivity contribution < 1.29 is 9.90 Å². The standard InChI is InChI=1S/C23H32N6O2/c1-28-9-7-19(8-10-28)27-22-12-21(25-16-26-22)23(31)24-13-20(30)15-29-11-6-17-4-2-3-5-18(17)14-29/h2-5,12,16,19-20,30H,6-11,13-15H2,1H3,(H,24,31)(H,25,26,27)/t20-/m0/s1. The van der Waals surface area contributed by atoms with E-state index in [1.807, 2.05) is 0 Å². The van der Waals surface area contributed by atoms with Crippen LogP contribution in [0.4, 0.5) is 5.82 Å². The van der Waals surface area contributed by atoms with E-state index in [1.165, 1.54) is 17.5 Å². The average Bonchev–Trinajstić information content (AvgIpc) is 2.79. The molecule has 1 fully saturated rings. The predicted molar refractivity (Wildman–Crippen MR) is 120 cm³/mol. The number of aliphatic hydroxyl groups is 1. The van der Waals surface area contributed by atoms with Gasteiger partial charge in [-0.15, -0.1) is 0 Å². The fourth-order valence-electron chi connectivity index (χ4n) is 4.30. The summed E-state index contributed by atoms with van der Waals surface area (Å²) in [6.07, 6.45) is 3.87. The highest BCUT2D eigenvalue weighted by Crippen LogP contribution is 2.18. The van der Waals surface area contributed by atoms with Gasteiger partial charge in [-0.05, 0) is 50.5 Å². The third kappa shape index (κ3) is 6.00. The van der Waals surface area contributed by atoms with Gasteiger partial charge in [0.05, 0.1) is 6.10 Å². The first-order valence-electron chi connectivity index (χ1n) is 11.1. The van der Waals surface area contributed by atoms with Crippen molar-refractivity contribution in [1.29, 1.82) is 0 Å². The monoisotopic (exact) mass is 424 g/mol. The molecule has 3 heterocycles. The van der Waals surface area contributed by atoms with Crippen molar-refractivity contribution in [3.63, 3.8) is 0 Å². The molecule has 166 valence electrons. The smallest absolute Gasteiger partial charge is 0.270 e. The number of nitrogens with one attached hydrogen (secondary N) is 2. The largest absolute Gasteiger partial charge is 0.390 e. The minimum Gasteiger partial charge on any atom is -0.390 e. The minimum atomic E-state index is -0.632. The summed E-state index contributed by atoms with van der Waals surface area (Å²) in [5, 5.41) is 16.6. The Balaban J connectivity index is 1.24. The van der Waals surface area contributed by atoms with Crippen molar-refractivity contribution in [2.24, 2.45) is 0 Å². The summed E-state index contributed by atoms with van der Waals surface area (Å²) in [6, 6.07) is 10.5. The van der Waals surface area contributed by atoms with E-state index >= 15 is 0 Å². The fraction of sp³-hybridized carbons (Fsp3) is 0.522. The first kappa shape index (κ1) is 21.7. The maximum atomic E-state index is 12.5. The van der Waals surface area contributed by atoms with Gasteiger partial charge in [0.1, 0.15) is 17.8 Å². The molecule has 1 atom stereocenters. The second-order valence-corrected chi connectivity index (χ2v) is 8.63. The van der Waals surface area contributed by atoms with Gasteiger partial charge in [0.2, 0.25) is 0 Å². The number of piperidine rings is 1. The zero-order valence-corrected chi connectivity index (χ0v) is 18.1. The third-order valence-electron chi connectivity index (χ3n) is 6.15. The number of hydrogen-bond acceptors (Lipinski definition) is 7. The van der Waals surface area contributed by atoms with Gasteiger partial charge >= 0.3 is 0 Å². The normalized spacial score (nSPS) is 18.9. The summed E-state index contributed by atoms with van der Waals surface area (Å²) in [5.74, 6) is 0.374. The number of β-amino-alcohol motifs (C(OH)–C–C–N with tert-alkyl or cyclic N) is 1. The fourth-order valence-corrected chi connectivity index (χ4v) is 4.30. The lowest BCUT2D eigenvalue weighted by Crippen LogP contribution is -2.42. The number of hydrogen-bond donors (Lipinski definition) is 3. The number of carbonyl (C=O) groups is 1. The molecule has 1 aromatic heterocycles. The first-order valence-corrected chi connectivity index (χ1v) is 11.1. The Morgan fingerprint density at radius 3 is 2.77 bits per heavy atom. The predicted octanol–water partition coefficient (Wildman–Crippen LogP) is 1.13. The summed E-state index contributed by atoms with van der Waals surface area (Å²) < 4.78 is 0. The molecule has 1 saturated heterocycles. The maximum Gasteiger partial charge on any atom is 0.270 e. The van der Waals surface area contributed by atoms with Gasteiger partial charge in [-0.2, -0.15) is 0 Å². The molecule has 2 aromatic rings. The van der Waals surface area contributed by atoms with Gasteiger partial charge in [0.25, 0.3) is 5.91 Å². The Morgan fingerprint density at radius 1 is 1.19 bits per heavy atom. The molecule has 0 spiro atoms. The third-order valence-corrected chi connectivity index (χ3v) is 6.15. The number of nitrogens with zero attached hydrogens (tertiary/aromatic N) is 4. The van der Waals surface area contributed by atoms with Crippen molar-refractivity contribution in [3.05, 3.63) is 53.5 Å². The number of likely N-dealkylation sites (tertiary alicyclic amines) is 1. The SMILES string of the molecule is CN1CCC(Nc2cc(C(=O)NC[C@H](O)CN3CCc4ccccc4C3)ncn2)CC1. The van der Waals surface area contributed by atoms with E-state index in [9.17, 15) is 9.90 Å². The van der Waals surface area contributed by atoms with E-state index in [-0.39, 0.29) is 12.5 Å². The van der Waals surface area contributed by atoms with Crippen LogP contribution < -0.4 is 10.6 Å². The Labute approximate surface area is 183 Å².